The van der Waals surface area contributed by atoms with Crippen molar-refractivity contribution in [2.75, 3.05) is 27.1 Å². The number of hydrogen-bond donors (Lipinski definition) is 1. The Labute approximate surface area is 156 Å². The highest BCUT2D eigenvalue weighted by Gasteiger charge is 2.13. The number of carbonyl (C=O) groups is 1. The van der Waals surface area contributed by atoms with E-state index in [9.17, 15) is 4.79 Å². The summed E-state index contributed by atoms with van der Waals surface area (Å²) in [4.78, 5) is 13.0. The average Bonchev–Trinajstić information content (AvgIpc) is 2.64. The van der Waals surface area contributed by atoms with Crippen molar-refractivity contribution < 1.29 is 19.0 Å². The predicted molar refractivity (Wildman–Crippen MR) is 100 cm³/mol. The van der Waals surface area contributed by atoms with Crippen molar-refractivity contribution in [3.63, 3.8) is 0 Å². The molecule has 0 radical (unpaired) electrons. The smallest absolute Gasteiger partial charge is 0.230 e. The number of nitrogens with one attached hydrogen (secondary N) is 1. The topological polar surface area (TPSA) is 56.8 Å². The number of carbonyl (C=O) groups excluding carboxylic acids is 1. The molecule has 0 bridgehead atoms. The molecule has 0 aliphatic carbocycles. The molecule has 2 rings (SSSR count). The van der Waals surface area contributed by atoms with Gasteiger partial charge in [-0.05, 0) is 29.8 Å². The van der Waals surface area contributed by atoms with E-state index in [1.165, 1.54) is 11.8 Å². The van der Waals surface area contributed by atoms with E-state index >= 15 is 0 Å². The van der Waals surface area contributed by atoms with Crippen LogP contribution < -0.4 is 19.5 Å². The second-order valence-electron chi connectivity index (χ2n) is 5.03. The van der Waals surface area contributed by atoms with Gasteiger partial charge in [0.2, 0.25) is 11.7 Å². The number of hydrogen-bond acceptors (Lipinski definition) is 5. The number of thioether (sulfide) groups is 1. The Morgan fingerprint density at radius 3 is 2.28 bits per heavy atom. The summed E-state index contributed by atoms with van der Waals surface area (Å²) >= 11 is 7.48. The average molecular weight is 382 g/mol. The highest BCUT2D eigenvalue weighted by atomic mass is 35.5. The molecule has 1 amide bonds. The van der Waals surface area contributed by atoms with E-state index in [-0.39, 0.29) is 11.7 Å². The van der Waals surface area contributed by atoms with Gasteiger partial charge in [0, 0.05) is 11.4 Å². The van der Waals surface area contributed by atoms with E-state index in [0.717, 1.165) is 10.5 Å². The van der Waals surface area contributed by atoms with E-state index in [1.54, 1.807) is 27.4 Å². The maximum Gasteiger partial charge on any atom is 0.230 e. The zero-order valence-electron chi connectivity index (χ0n) is 14.3. The second-order valence-corrected chi connectivity index (χ2v) is 6.45. The van der Waals surface area contributed by atoms with Crippen LogP contribution in [0.25, 0.3) is 0 Å². The first-order valence-corrected chi connectivity index (χ1v) is 8.88. The van der Waals surface area contributed by atoms with Crippen molar-refractivity contribution in [3.05, 3.63) is 47.0 Å². The van der Waals surface area contributed by atoms with Gasteiger partial charge in [-0.2, -0.15) is 0 Å². The highest BCUT2D eigenvalue weighted by molar-refractivity contribution is 8.00. The molecule has 0 atom stereocenters. The Kier molecular flexibility index (Phi) is 7.28. The first kappa shape index (κ1) is 19.3. The molecule has 7 heteroatoms. The lowest BCUT2D eigenvalue weighted by Gasteiger charge is -2.14. The quantitative estimate of drug-likeness (QED) is 0.705. The lowest BCUT2D eigenvalue weighted by molar-refractivity contribution is -0.118. The summed E-state index contributed by atoms with van der Waals surface area (Å²) in [5.41, 5.74) is 0.852. The Morgan fingerprint density at radius 2 is 1.72 bits per heavy atom. The van der Waals surface area contributed by atoms with Crippen molar-refractivity contribution in [2.24, 2.45) is 0 Å². The summed E-state index contributed by atoms with van der Waals surface area (Å²) in [6.45, 7) is 0.360. The molecule has 0 unspecified atom stereocenters. The van der Waals surface area contributed by atoms with E-state index in [4.69, 9.17) is 25.8 Å². The SMILES string of the molecule is COc1cc(CNC(=O)CSc2ccccc2Cl)cc(OC)c1OC. The van der Waals surface area contributed by atoms with Gasteiger partial charge in [-0.15, -0.1) is 11.8 Å². The van der Waals surface area contributed by atoms with E-state index in [2.05, 4.69) is 5.32 Å². The van der Waals surface area contributed by atoms with Crippen LogP contribution in [0.2, 0.25) is 5.02 Å². The minimum Gasteiger partial charge on any atom is -0.493 e. The first-order chi connectivity index (χ1) is 12.1. The fourth-order valence-corrected chi connectivity index (χ4v) is 3.26. The van der Waals surface area contributed by atoms with Gasteiger partial charge in [0.15, 0.2) is 11.5 Å². The Balaban J connectivity index is 1.96. The summed E-state index contributed by atoms with van der Waals surface area (Å²) in [5.74, 6) is 1.83. The van der Waals surface area contributed by atoms with Gasteiger partial charge < -0.3 is 19.5 Å². The van der Waals surface area contributed by atoms with E-state index in [0.29, 0.717) is 28.8 Å². The van der Waals surface area contributed by atoms with Crippen LogP contribution in [0.3, 0.4) is 0 Å². The molecule has 0 aromatic heterocycles. The number of ether oxygens (including phenoxy) is 3. The van der Waals surface area contributed by atoms with Crippen molar-refractivity contribution >= 4 is 29.3 Å². The van der Waals surface area contributed by atoms with Crippen LogP contribution in [0.1, 0.15) is 5.56 Å². The van der Waals surface area contributed by atoms with Crippen molar-refractivity contribution in [2.45, 2.75) is 11.4 Å². The van der Waals surface area contributed by atoms with Crippen LogP contribution >= 0.6 is 23.4 Å². The molecule has 1 N–H and O–H groups in total. The second kappa shape index (κ2) is 9.44. The third kappa shape index (κ3) is 5.21. The van der Waals surface area contributed by atoms with Crippen molar-refractivity contribution in [3.8, 4) is 17.2 Å². The molecule has 0 saturated heterocycles. The lowest BCUT2D eigenvalue weighted by Crippen LogP contribution is -2.24. The minimum atomic E-state index is -0.0846. The summed E-state index contributed by atoms with van der Waals surface area (Å²) < 4.78 is 15.9. The maximum absolute atomic E-state index is 12.1. The fourth-order valence-electron chi connectivity index (χ4n) is 2.19. The molecule has 0 aliphatic heterocycles. The first-order valence-electron chi connectivity index (χ1n) is 7.52. The van der Waals surface area contributed by atoms with Crippen molar-refractivity contribution in [1.82, 2.24) is 5.32 Å². The van der Waals surface area contributed by atoms with Gasteiger partial charge in [0.25, 0.3) is 0 Å². The zero-order valence-corrected chi connectivity index (χ0v) is 15.9. The van der Waals surface area contributed by atoms with Gasteiger partial charge in [0.05, 0.1) is 32.1 Å². The zero-order chi connectivity index (χ0) is 18.2. The van der Waals surface area contributed by atoms with Crippen LogP contribution in [0.4, 0.5) is 0 Å². The lowest BCUT2D eigenvalue weighted by atomic mass is 10.2. The Bertz CT molecular complexity index is 714. The molecule has 0 fully saturated rings. The molecule has 0 aliphatic rings. The van der Waals surface area contributed by atoms with Crippen LogP contribution in [0.15, 0.2) is 41.3 Å². The Hall–Kier alpha value is -2.05. The van der Waals surface area contributed by atoms with Gasteiger partial charge in [-0.25, -0.2) is 0 Å². The van der Waals surface area contributed by atoms with Gasteiger partial charge >= 0.3 is 0 Å². The molecule has 5 nitrogen and oxygen atoms in total. The monoisotopic (exact) mass is 381 g/mol. The standard InChI is InChI=1S/C18H20ClNO4S/c1-22-14-8-12(9-15(23-2)18(14)24-3)10-20-17(21)11-25-16-7-5-4-6-13(16)19/h4-9H,10-11H2,1-3H3,(H,20,21). The number of rotatable bonds is 8. The van der Waals surface area contributed by atoms with Gasteiger partial charge in [-0.3, -0.25) is 4.79 Å². The summed E-state index contributed by atoms with van der Waals surface area (Å²) in [6, 6.07) is 11.1. The van der Waals surface area contributed by atoms with Crippen molar-refractivity contribution in [1.29, 1.82) is 0 Å². The van der Waals surface area contributed by atoms with E-state index in [1.807, 2.05) is 30.3 Å². The van der Waals surface area contributed by atoms with Crippen LogP contribution in [-0.2, 0) is 11.3 Å². The van der Waals surface area contributed by atoms with E-state index < -0.39 is 0 Å². The summed E-state index contributed by atoms with van der Waals surface area (Å²) in [7, 11) is 4.66. The molecule has 25 heavy (non-hydrogen) atoms. The summed E-state index contributed by atoms with van der Waals surface area (Å²) in [5, 5.41) is 3.52. The van der Waals surface area contributed by atoms with Crippen LogP contribution in [0.5, 0.6) is 17.2 Å². The van der Waals surface area contributed by atoms with Gasteiger partial charge in [0.1, 0.15) is 0 Å². The highest BCUT2D eigenvalue weighted by Crippen LogP contribution is 2.38. The Morgan fingerprint density at radius 1 is 1.08 bits per heavy atom. The molecular weight excluding hydrogens is 362 g/mol. The minimum absolute atomic E-state index is 0.0846. The number of halogens is 1. The fraction of sp³-hybridized carbons (Fsp3) is 0.278. The molecule has 0 spiro atoms. The summed E-state index contributed by atoms with van der Waals surface area (Å²) in [6.07, 6.45) is 0. The third-order valence-corrected chi connectivity index (χ3v) is 4.92. The number of benzene rings is 2. The number of methoxy groups -OCH3 is 3. The molecule has 2 aromatic rings. The predicted octanol–water partition coefficient (Wildman–Crippen LogP) is 3.77. The maximum atomic E-state index is 12.1. The largest absolute Gasteiger partial charge is 0.493 e. The van der Waals surface area contributed by atoms with Crippen LogP contribution in [-0.4, -0.2) is 33.0 Å². The van der Waals surface area contributed by atoms with Gasteiger partial charge in [-0.1, -0.05) is 23.7 Å². The number of amides is 1. The third-order valence-electron chi connectivity index (χ3n) is 3.41. The van der Waals surface area contributed by atoms with Crippen LogP contribution in [0, 0.1) is 0 Å². The molecule has 134 valence electrons. The molecule has 0 saturated carbocycles. The molecular formula is C18H20ClNO4S. The molecule has 0 heterocycles. The normalized spacial score (nSPS) is 10.2. The molecule has 2 aromatic carbocycles.